The van der Waals surface area contributed by atoms with Crippen LogP contribution in [0.5, 0.6) is 0 Å². The lowest BCUT2D eigenvalue weighted by Gasteiger charge is -2.34. The van der Waals surface area contributed by atoms with Crippen molar-refractivity contribution in [1.29, 1.82) is 0 Å². The van der Waals surface area contributed by atoms with E-state index < -0.39 is 0 Å². The highest BCUT2D eigenvalue weighted by molar-refractivity contribution is 5.02. The molecule has 0 spiro atoms. The van der Waals surface area contributed by atoms with E-state index in [0.717, 1.165) is 45.4 Å². The van der Waals surface area contributed by atoms with Crippen LogP contribution in [-0.2, 0) is 13.1 Å². The molecular weight excluding hydrogens is 252 g/mol. The number of hydrogen-bond donors (Lipinski definition) is 2. The van der Waals surface area contributed by atoms with E-state index in [-0.39, 0.29) is 12.1 Å². The number of rotatable bonds is 5. The zero-order chi connectivity index (χ0) is 14.0. The summed E-state index contributed by atoms with van der Waals surface area (Å²) >= 11 is 0. The fraction of sp³-hybridized carbons (Fsp3) is 0.800. The van der Waals surface area contributed by atoms with Crippen LogP contribution in [0.1, 0.15) is 38.4 Å². The molecule has 2 atom stereocenters. The highest BCUT2D eigenvalue weighted by atomic mass is 16.3. The number of imidazole rings is 1. The molecule has 1 aliphatic heterocycles. The van der Waals surface area contributed by atoms with E-state index in [9.17, 15) is 5.11 Å². The largest absolute Gasteiger partial charge is 0.394 e. The van der Waals surface area contributed by atoms with Crippen molar-refractivity contribution in [3.63, 3.8) is 0 Å². The van der Waals surface area contributed by atoms with Crippen LogP contribution in [-0.4, -0.2) is 50.8 Å². The predicted molar refractivity (Wildman–Crippen MR) is 78.4 cm³/mol. The van der Waals surface area contributed by atoms with Gasteiger partial charge < -0.3 is 15.0 Å². The Kier molecular flexibility index (Phi) is 4.10. The van der Waals surface area contributed by atoms with Gasteiger partial charge in [-0.05, 0) is 32.2 Å². The highest BCUT2D eigenvalue weighted by Gasteiger charge is 2.41. The second kappa shape index (κ2) is 5.84. The number of nitrogens with zero attached hydrogens (tertiary/aromatic N) is 3. The molecule has 2 heterocycles. The minimum atomic E-state index is -0.0481. The lowest BCUT2D eigenvalue weighted by atomic mass is 9.98. The summed E-state index contributed by atoms with van der Waals surface area (Å²) in [6, 6.07) is 0.581. The van der Waals surface area contributed by atoms with Crippen LogP contribution in [0.15, 0.2) is 12.4 Å². The van der Waals surface area contributed by atoms with Gasteiger partial charge in [-0.3, -0.25) is 4.90 Å². The second-order valence-electron chi connectivity index (χ2n) is 6.27. The van der Waals surface area contributed by atoms with Crippen LogP contribution in [0.25, 0.3) is 0 Å². The Morgan fingerprint density at radius 3 is 3.20 bits per heavy atom. The van der Waals surface area contributed by atoms with Crippen molar-refractivity contribution in [2.75, 3.05) is 19.7 Å². The second-order valence-corrected chi connectivity index (χ2v) is 6.27. The first kappa shape index (κ1) is 14.0. The summed E-state index contributed by atoms with van der Waals surface area (Å²) in [5.41, 5.74) is -0.0481. The van der Waals surface area contributed by atoms with Gasteiger partial charge in [0, 0.05) is 37.1 Å². The van der Waals surface area contributed by atoms with Crippen LogP contribution in [0.4, 0.5) is 0 Å². The van der Waals surface area contributed by atoms with E-state index in [4.69, 9.17) is 0 Å². The van der Waals surface area contributed by atoms with Gasteiger partial charge in [-0.2, -0.15) is 0 Å². The van der Waals surface area contributed by atoms with E-state index in [1.165, 1.54) is 12.2 Å². The van der Waals surface area contributed by atoms with Crippen molar-refractivity contribution < 1.29 is 5.11 Å². The Labute approximate surface area is 121 Å². The molecule has 2 N–H and O–H groups in total. The fourth-order valence-electron chi connectivity index (χ4n) is 3.66. The molecule has 1 aromatic heterocycles. The quantitative estimate of drug-likeness (QED) is 0.843. The normalized spacial score (nSPS) is 30.6. The molecule has 20 heavy (non-hydrogen) atoms. The van der Waals surface area contributed by atoms with Gasteiger partial charge in [-0.1, -0.05) is 6.92 Å². The zero-order valence-electron chi connectivity index (χ0n) is 12.4. The van der Waals surface area contributed by atoms with Gasteiger partial charge in [0.15, 0.2) is 0 Å². The van der Waals surface area contributed by atoms with E-state index in [1.807, 2.05) is 6.20 Å². The summed E-state index contributed by atoms with van der Waals surface area (Å²) in [6.45, 7) is 6.52. The lowest BCUT2D eigenvalue weighted by molar-refractivity contribution is 0.125. The maximum atomic E-state index is 9.79. The number of aliphatic hydroxyl groups is 1. The molecular formula is C15H26N4O. The molecule has 0 aromatic carbocycles. The van der Waals surface area contributed by atoms with Crippen molar-refractivity contribution in [1.82, 2.24) is 19.8 Å². The number of nitrogens with one attached hydrogen (secondary N) is 1. The molecule has 5 nitrogen and oxygen atoms in total. The lowest BCUT2D eigenvalue weighted by Crippen LogP contribution is -2.49. The summed E-state index contributed by atoms with van der Waals surface area (Å²) in [6.07, 6.45) is 8.41. The smallest absolute Gasteiger partial charge is 0.122 e. The summed E-state index contributed by atoms with van der Waals surface area (Å²) < 4.78 is 2.25. The van der Waals surface area contributed by atoms with Gasteiger partial charge in [0.25, 0.3) is 0 Å². The van der Waals surface area contributed by atoms with Crippen LogP contribution in [0.2, 0.25) is 0 Å². The molecule has 0 amide bonds. The first-order chi connectivity index (χ1) is 9.76. The maximum Gasteiger partial charge on any atom is 0.122 e. The molecule has 112 valence electrons. The number of hydrogen-bond acceptors (Lipinski definition) is 4. The van der Waals surface area contributed by atoms with Crippen molar-refractivity contribution in [3.05, 3.63) is 18.2 Å². The Morgan fingerprint density at radius 2 is 2.40 bits per heavy atom. The molecule has 1 saturated carbocycles. The molecule has 1 aromatic rings. The standard InChI is InChI=1S/C15H26N4O/c1-2-5-17-15(12-20)4-3-13(10-15)19-9-8-18-7-6-16-14(18)11-19/h6-7,13,17,20H,2-5,8-12H2,1H3. The van der Waals surface area contributed by atoms with Gasteiger partial charge in [0.05, 0.1) is 13.2 Å². The van der Waals surface area contributed by atoms with E-state index >= 15 is 0 Å². The van der Waals surface area contributed by atoms with Crippen LogP contribution >= 0.6 is 0 Å². The van der Waals surface area contributed by atoms with Crippen LogP contribution in [0, 0.1) is 0 Å². The highest BCUT2D eigenvalue weighted by Crippen LogP contribution is 2.34. The number of aliphatic hydroxyl groups excluding tert-OH is 1. The summed E-state index contributed by atoms with van der Waals surface area (Å²) in [7, 11) is 0. The Hall–Kier alpha value is -0.910. The number of aromatic nitrogens is 2. The Morgan fingerprint density at radius 1 is 1.50 bits per heavy atom. The van der Waals surface area contributed by atoms with Gasteiger partial charge in [-0.25, -0.2) is 4.98 Å². The summed E-state index contributed by atoms with van der Waals surface area (Å²) in [5.74, 6) is 1.18. The van der Waals surface area contributed by atoms with Gasteiger partial charge in [0.2, 0.25) is 0 Å². The van der Waals surface area contributed by atoms with Gasteiger partial charge in [0.1, 0.15) is 5.82 Å². The minimum absolute atomic E-state index is 0.0481. The molecule has 1 fully saturated rings. The molecule has 0 saturated heterocycles. The summed E-state index contributed by atoms with van der Waals surface area (Å²) in [4.78, 5) is 6.99. The van der Waals surface area contributed by atoms with E-state index in [2.05, 4.69) is 32.9 Å². The van der Waals surface area contributed by atoms with E-state index in [0.29, 0.717) is 6.04 Å². The minimum Gasteiger partial charge on any atom is -0.394 e. The summed E-state index contributed by atoms with van der Waals surface area (Å²) in [5, 5.41) is 13.4. The Bertz CT molecular complexity index is 447. The van der Waals surface area contributed by atoms with Crippen LogP contribution < -0.4 is 5.32 Å². The third-order valence-corrected chi connectivity index (χ3v) is 4.93. The average Bonchev–Trinajstić information content (AvgIpc) is 3.11. The monoisotopic (exact) mass is 278 g/mol. The molecule has 5 heteroatoms. The van der Waals surface area contributed by atoms with Crippen molar-refractivity contribution >= 4 is 0 Å². The third-order valence-electron chi connectivity index (χ3n) is 4.93. The van der Waals surface area contributed by atoms with Crippen molar-refractivity contribution in [3.8, 4) is 0 Å². The number of fused-ring (bicyclic) bond motifs is 1. The Balaban J connectivity index is 1.62. The van der Waals surface area contributed by atoms with Crippen molar-refractivity contribution in [2.24, 2.45) is 0 Å². The average molecular weight is 278 g/mol. The molecule has 2 aliphatic rings. The topological polar surface area (TPSA) is 53.3 Å². The van der Waals surface area contributed by atoms with Crippen LogP contribution in [0.3, 0.4) is 0 Å². The first-order valence-electron chi connectivity index (χ1n) is 7.86. The zero-order valence-corrected chi connectivity index (χ0v) is 12.4. The van der Waals surface area contributed by atoms with Gasteiger partial charge >= 0.3 is 0 Å². The fourth-order valence-corrected chi connectivity index (χ4v) is 3.66. The molecule has 0 radical (unpaired) electrons. The van der Waals surface area contributed by atoms with Gasteiger partial charge in [-0.15, -0.1) is 0 Å². The van der Waals surface area contributed by atoms with E-state index in [1.54, 1.807) is 0 Å². The molecule has 0 bridgehead atoms. The predicted octanol–water partition coefficient (Wildman–Crippen LogP) is 0.982. The third kappa shape index (κ3) is 2.62. The first-order valence-corrected chi connectivity index (χ1v) is 7.86. The molecule has 1 aliphatic carbocycles. The molecule has 3 rings (SSSR count). The molecule has 2 unspecified atom stereocenters. The SMILES string of the molecule is CCCNC1(CO)CCC(N2CCn3ccnc3C2)C1. The maximum absolute atomic E-state index is 9.79. The van der Waals surface area contributed by atoms with Crippen molar-refractivity contribution in [2.45, 2.75) is 57.3 Å².